The molecule has 0 spiro atoms. The van der Waals surface area contributed by atoms with Crippen LogP contribution in [0.4, 0.5) is 0 Å². The van der Waals surface area contributed by atoms with Crippen molar-refractivity contribution in [2.24, 2.45) is 5.92 Å². The monoisotopic (exact) mass is 178 g/mol. The van der Waals surface area contributed by atoms with Crippen molar-refractivity contribution in [2.75, 3.05) is 7.11 Å². The van der Waals surface area contributed by atoms with Gasteiger partial charge in [0.05, 0.1) is 12.9 Å². The van der Waals surface area contributed by atoms with Gasteiger partial charge in [0.2, 0.25) is 0 Å². The van der Waals surface area contributed by atoms with Gasteiger partial charge in [-0.3, -0.25) is 0 Å². The molecule has 0 aliphatic heterocycles. The molecule has 0 radical (unpaired) electrons. The average molecular weight is 178 g/mol. The molecule has 72 valence electrons. The van der Waals surface area contributed by atoms with Crippen LogP contribution in [0.1, 0.15) is 26.7 Å². The summed E-state index contributed by atoms with van der Waals surface area (Å²) in [6, 6.07) is 0. The van der Waals surface area contributed by atoms with Crippen LogP contribution in [0.15, 0.2) is 35.6 Å². The van der Waals surface area contributed by atoms with E-state index < -0.39 is 0 Å². The lowest BCUT2D eigenvalue weighted by Crippen LogP contribution is -2.08. The minimum atomic E-state index is 0.467. The summed E-state index contributed by atoms with van der Waals surface area (Å²) in [7, 11) is 1.74. The Kier molecular flexibility index (Phi) is 3.35. The van der Waals surface area contributed by atoms with Gasteiger partial charge in [-0.25, -0.2) is 0 Å². The molecule has 0 aromatic carbocycles. The Balaban J connectivity index is 2.97. The number of hydrogen-bond donors (Lipinski definition) is 0. The smallest absolute Gasteiger partial charge is 0.0967 e. The molecule has 13 heavy (non-hydrogen) atoms. The van der Waals surface area contributed by atoms with Crippen LogP contribution in [0.25, 0.3) is 0 Å². The van der Waals surface area contributed by atoms with Crippen LogP contribution in [-0.4, -0.2) is 7.11 Å². The van der Waals surface area contributed by atoms with Gasteiger partial charge in [-0.05, 0) is 25.0 Å². The topological polar surface area (TPSA) is 9.23 Å². The van der Waals surface area contributed by atoms with Crippen LogP contribution in [0.3, 0.4) is 0 Å². The third-order valence-electron chi connectivity index (χ3n) is 2.75. The second-order valence-electron chi connectivity index (χ2n) is 3.42. The number of ether oxygens (including phenoxy) is 1. The van der Waals surface area contributed by atoms with Crippen LogP contribution >= 0.6 is 0 Å². The van der Waals surface area contributed by atoms with E-state index in [9.17, 15) is 0 Å². The summed E-state index contributed by atoms with van der Waals surface area (Å²) in [4.78, 5) is 0. The van der Waals surface area contributed by atoms with Gasteiger partial charge in [0.25, 0.3) is 0 Å². The zero-order chi connectivity index (χ0) is 9.84. The molecule has 0 aromatic heterocycles. The third-order valence-corrected chi connectivity index (χ3v) is 2.75. The molecule has 1 atom stereocenters. The Bertz CT molecular complexity index is 258. The quantitative estimate of drug-likeness (QED) is 0.601. The fraction of sp³-hybridized carbons (Fsp3) is 0.500. The van der Waals surface area contributed by atoms with Crippen molar-refractivity contribution < 1.29 is 4.74 Å². The van der Waals surface area contributed by atoms with Crippen LogP contribution in [0.2, 0.25) is 0 Å². The van der Waals surface area contributed by atoms with Gasteiger partial charge in [-0.1, -0.05) is 18.6 Å². The highest BCUT2D eigenvalue weighted by Crippen LogP contribution is 2.31. The van der Waals surface area contributed by atoms with Gasteiger partial charge in [0.15, 0.2) is 0 Å². The minimum Gasteiger partial charge on any atom is -0.501 e. The van der Waals surface area contributed by atoms with Crippen molar-refractivity contribution in [3.63, 3.8) is 0 Å². The van der Waals surface area contributed by atoms with E-state index in [-0.39, 0.29) is 0 Å². The van der Waals surface area contributed by atoms with E-state index >= 15 is 0 Å². The van der Waals surface area contributed by atoms with E-state index in [1.807, 2.05) is 6.08 Å². The Morgan fingerprint density at radius 1 is 1.69 bits per heavy atom. The lowest BCUT2D eigenvalue weighted by Gasteiger charge is -2.23. The molecule has 1 aliphatic rings. The summed E-state index contributed by atoms with van der Waals surface area (Å²) in [6.07, 6.45) is 6.21. The first kappa shape index (κ1) is 10.1. The molecule has 0 saturated heterocycles. The molecule has 0 heterocycles. The van der Waals surface area contributed by atoms with E-state index in [0.29, 0.717) is 5.92 Å². The molecule has 0 amide bonds. The standard InChI is InChI=1S/C12H18O/c1-5-10-7-12(13-4)8-11(6-2)9(10)3/h5,8,10H,1,6-7H2,2-4H3. The fourth-order valence-corrected chi connectivity index (χ4v) is 1.76. The highest BCUT2D eigenvalue weighted by Gasteiger charge is 2.17. The largest absolute Gasteiger partial charge is 0.501 e. The lowest BCUT2D eigenvalue weighted by molar-refractivity contribution is 0.267. The van der Waals surface area contributed by atoms with Crippen molar-refractivity contribution in [1.82, 2.24) is 0 Å². The molecule has 0 bridgehead atoms. The summed E-state index contributed by atoms with van der Waals surface area (Å²) in [6.45, 7) is 8.22. The van der Waals surface area contributed by atoms with Gasteiger partial charge in [-0.2, -0.15) is 0 Å². The zero-order valence-electron chi connectivity index (χ0n) is 8.76. The summed E-state index contributed by atoms with van der Waals surface area (Å²) in [5, 5.41) is 0. The van der Waals surface area contributed by atoms with E-state index in [4.69, 9.17) is 4.74 Å². The van der Waals surface area contributed by atoms with Crippen molar-refractivity contribution in [2.45, 2.75) is 26.7 Å². The fourth-order valence-electron chi connectivity index (χ4n) is 1.76. The number of rotatable bonds is 3. The second kappa shape index (κ2) is 4.31. The van der Waals surface area contributed by atoms with Gasteiger partial charge in [0.1, 0.15) is 0 Å². The first-order valence-electron chi connectivity index (χ1n) is 4.79. The molecule has 0 N–H and O–H groups in total. The first-order valence-corrected chi connectivity index (χ1v) is 4.79. The highest BCUT2D eigenvalue weighted by atomic mass is 16.5. The van der Waals surface area contributed by atoms with Crippen LogP contribution < -0.4 is 0 Å². The van der Waals surface area contributed by atoms with Gasteiger partial charge < -0.3 is 4.74 Å². The van der Waals surface area contributed by atoms with Gasteiger partial charge in [0, 0.05) is 12.3 Å². The van der Waals surface area contributed by atoms with Crippen molar-refractivity contribution in [3.8, 4) is 0 Å². The van der Waals surface area contributed by atoms with Crippen LogP contribution in [0.5, 0.6) is 0 Å². The maximum Gasteiger partial charge on any atom is 0.0967 e. The lowest BCUT2D eigenvalue weighted by atomic mass is 9.86. The molecule has 0 saturated carbocycles. The molecule has 1 aliphatic carbocycles. The van der Waals surface area contributed by atoms with E-state index in [0.717, 1.165) is 18.6 Å². The normalized spacial score (nSPS) is 22.7. The van der Waals surface area contributed by atoms with Gasteiger partial charge >= 0.3 is 0 Å². The Labute approximate surface area is 80.8 Å². The van der Waals surface area contributed by atoms with E-state index in [2.05, 4.69) is 26.5 Å². The Morgan fingerprint density at radius 2 is 2.38 bits per heavy atom. The first-order chi connectivity index (χ1) is 6.22. The Hall–Kier alpha value is -0.980. The molecular formula is C12H18O. The van der Waals surface area contributed by atoms with Crippen molar-refractivity contribution in [1.29, 1.82) is 0 Å². The maximum absolute atomic E-state index is 5.28. The zero-order valence-corrected chi connectivity index (χ0v) is 8.76. The number of hydrogen-bond acceptors (Lipinski definition) is 1. The molecular weight excluding hydrogens is 160 g/mol. The Morgan fingerprint density at radius 3 is 2.85 bits per heavy atom. The molecule has 1 nitrogen and oxygen atoms in total. The minimum absolute atomic E-state index is 0.467. The molecule has 1 unspecified atom stereocenters. The molecule has 1 heteroatoms. The summed E-state index contributed by atoms with van der Waals surface area (Å²) in [5.41, 5.74) is 2.84. The third kappa shape index (κ3) is 2.03. The predicted octanol–water partition coefficient (Wildman–Crippen LogP) is 3.45. The van der Waals surface area contributed by atoms with Crippen LogP contribution in [-0.2, 0) is 4.74 Å². The molecule has 1 rings (SSSR count). The van der Waals surface area contributed by atoms with E-state index in [1.165, 1.54) is 11.1 Å². The van der Waals surface area contributed by atoms with Crippen molar-refractivity contribution >= 4 is 0 Å². The molecule has 0 fully saturated rings. The summed E-state index contributed by atoms with van der Waals surface area (Å²) in [5.74, 6) is 1.54. The van der Waals surface area contributed by atoms with Gasteiger partial charge in [-0.15, -0.1) is 6.58 Å². The summed E-state index contributed by atoms with van der Waals surface area (Å²) >= 11 is 0. The van der Waals surface area contributed by atoms with Crippen LogP contribution in [0, 0.1) is 5.92 Å². The number of methoxy groups -OCH3 is 1. The van der Waals surface area contributed by atoms with Crippen molar-refractivity contribution in [3.05, 3.63) is 35.6 Å². The number of allylic oxidation sites excluding steroid dienone is 5. The predicted molar refractivity (Wildman–Crippen MR) is 56.4 cm³/mol. The SMILES string of the molecule is C=CC1CC(OC)=CC(CC)=C1C. The highest BCUT2D eigenvalue weighted by molar-refractivity contribution is 5.34. The maximum atomic E-state index is 5.28. The van der Waals surface area contributed by atoms with E-state index in [1.54, 1.807) is 7.11 Å². The average Bonchev–Trinajstić information content (AvgIpc) is 2.18. The second-order valence-corrected chi connectivity index (χ2v) is 3.42. The summed E-state index contributed by atoms with van der Waals surface area (Å²) < 4.78 is 5.28. The molecule has 0 aromatic rings.